The number of sulfonamides is 1. The molecule has 178 valence electrons. The van der Waals surface area contributed by atoms with Crippen LogP contribution >= 0.6 is 11.6 Å². The molecule has 0 saturated carbocycles. The van der Waals surface area contributed by atoms with Gasteiger partial charge in [-0.05, 0) is 49.1 Å². The van der Waals surface area contributed by atoms with Gasteiger partial charge in [-0.3, -0.25) is 9.69 Å². The molecule has 0 spiro atoms. The summed E-state index contributed by atoms with van der Waals surface area (Å²) < 4.78 is 33.7. The Balaban J connectivity index is 1.39. The molecule has 7 nitrogen and oxygen atoms in total. The van der Waals surface area contributed by atoms with E-state index in [2.05, 4.69) is 28.7 Å². The van der Waals surface area contributed by atoms with E-state index in [0.717, 1.165) is 32.5 Å². The fourth-order valence-corrected chi connectivity index (χ4v) is 5.84. The molecular weight excluding hydrogens is 462 g/mol. The van der Waals surface area contributed by atoms with Gasteiger partial charge in [0.05, 0.1) is 11.1 Å². The summed E-state index contributed by atoms with van der Waals surface area (Å²) in [7, 11) is -3.85. The molecule has 2 aliphatic heterocycles. The molecule has 2 aromatic rings. The maximum absolute atomic E-state index is 13.1. The number of hydrogen-bond donors (Lipinski definition) is 1. The summed E-state index contributed by atoms with van der Waals surface area (Å²) in [6.07, 6.45) is 1.62. The summed E-state index contributed by atoms with van der Waals surface area (Å²) in [6, 6.07) is 12.8. The first-order valence-corrected chi connectivity index (χ1v) is 13.2. The Hall–Kier alpha value is -1.97. The van der Waals surface area contributed by atoms with Crippen LogP contribution in [0, 0.1) is 6.92 Å². The number of amides is 1. The number of aryl methyl sites for hydroxylation is 1. The van der Waals surface area contributed by atoms with E-state index in [0.29, 0.717) is 25.3 Å². The molecule has 1 N–H and O–H groups in total. The van der Waals surface area contributed by atoms with Gasteiger partial charge in [0.15, 0.2) is 0 Å². The molecule has 2 aliphatic rings. The van der Waals surface area contributed by atoms with Crippen molar-refractivity contribution in [2.75, 3.05) is 39.3 Å². The highest BCUT2D eigenvalue weighted by Crippen LogP contribution is 2.24. The highest BCUT2D eigenvalue weighted by Gasteiger charge is 2.26. The first-order chi connectivity index (χ1) is 15.8. The fourth-order valence-electron chi connectivity index (χ4n) is 4.25. The van der Waals surface area contributed by atoms with Crippen LogP contribution in [0.2, 0.25) is 5.02 Å². The Morgan fingerprint density at radius 1 is 1.15 bits per heavy atom. The summed E-state index contributed by atoms with van der Waals surface area (Å²) in [5.74, 6) is -0.183. The van der Waals surface area contributed by atoms with Crippen molar-refractivity contribution in [3.8, 4) is 0 Å². The van der Waals surface area contributed by atoms with Crippen molar-refractivity contribution in [3.63, 3.8) is 0 Å². The number of nitrogens with one attached hydrogen (secondary N) is 1. The van der Waals surface area contributed by atoms with Crippen LogP contribution in [-0.2, 0) is 21.3 Å². The highest BCUT2D eigenvalue weighted by atomic mass is 35.5. The predicted molar refractivity (Wildman–Crippen MR) is 128 cm³/mol. The minimum absolute atomic E-state index is 0.0776. The van der Waals surface area contributed by atoms with Gasteiger partial charge in [0, 0.05) is 51.4 Å². The molecule has 2 aromatic carbocycles. The van der Waals surface area contributed by atoms with Gasteiger partial charge in [-0.25, -0.2) is 13.1 Å². The SMILES string of the molecule is Cc1ccccc1CN1CCN(C(=O)c2ccc(Cl)c(S(=O)(=O)NC[C@H]3CCCO3)c2)CC1. The van der Waals surface area contributed by atoms with Gasteiger partial charge in [-0.15, -0.1) is 0 Å². The molecule has 0 aliphatic carbocycles. The maximum atomic E-state index is 13.1. The van der Waals surface area contributed by atoms with E-state index in [4.69, 9.17) is 16.3 Å². The Bertz CT molecular complexity index is 1090. The van der Waals surface area contributed by atoms with E-state index in [1.54, 1.807) is 11.0 Å². The number of halogens is 1. The van der Waals surface area contributed by atoms with Crippen LogP contribution in [0.25, 0.3) is 0 Å². The number of piperazine rings is 1. The van der Waals surface area contributed by atoms with E-state index < -0.39 is 10.0 Å². The van der Waals surface area contributed by atoms with Gasteiger partial charge in [-0.1, -0.05) is 35.9 Å². The van der Waals surface area contributed by atoms with Crippen LogP contribution in [-0.4, -0.2) is 69.6 Å². The van der Waals surface area contributed by atoms with Gasteiger partial charge in [-0.2, -0.15) is 0 Å². The number of nitrogens with zero attached hydrogens (tertiary/aromatic N) is 2. The van der Waals surface area contributed by atoms with Crippen molar-refractivity contribution in [2.24, 2.45) is 0 Å². The van der Waals surface area contributed by atoms with Crippen LogP contribution in [0.3, 0.4) is 0 Å². The predicted octanol–water partition coefficient (Wildman–Crippen LogP) is 3.06. The van der Waals surface area contributed by atoms with Crippen molar-refractivity contribution in [2.45, 2.75) is 37.3 Å². The van der Waals surface area contributed by atoms with Gasteiger partial charge >= 0.3 is 0 Å². The second-order valence-corrected chi connectivity index (χ2v) is 10.8. The summed E-state index contributed by atoms with van der Waals surface area (Å²) in [4.78, 5) is 17.1. The first kappa shape index (κ1) is 24.2. The first-order valence-electron chi connectivity index (χ1n) is 11.3. The number of hydrogen-bond acceptors (Lipinski definition) is 5. The minimum Gasteiger partial charge on any atom is -0.377 e. The van der Waals surface area contributed by atoms with Crippen molar-refractivity contribution in [1.82, 2.24) is 14.5 Å². The average Bonchev–Trinajstić information content (AvgIpc) is 3.33. The molecule has 0 radical (unpaired) electrons. The molecule has 4 rings (SSSR count). The lowest BCUT2D eigenvalue weighted by Crippen LogP contribution is -2.48. The minimum atomic E-state index is -3.85. The van der Waals surface area contributed by atoms with E-state index in [1.165, 1.54) is 23.3 Å². The third kappa shape index (κ3) is 5.94. The van der Waals surface area contributed by atoms with Crippen molar-refractivity contribution < 1.29 is 17.9 Å². The van der Waals surface area contributed by atoms with Crippen molar-refractivity contribution in [3.05, 3.63) is 64.2 Å². The summed E-state index contributed by atoms with van der Waals surface area (Å²) in [5.41, 5.74) is 2.88. The van der Waals surface area contributed by atoms with Gasteiger partial charge < -0.3 is 9.64 Å². The second-order valence-electron chi connectivity index (χ2n) is 8.63. The van der Waals surface area contributed by atoms with E-state index >= 15 is 0 Å². The zero-order valence-electron chi connectivity index (χ0n) is 18.8. The Morgan fingerprint density at radius 3 is 2.61 bits per heavy atom. The lowest BCUT2D eigenvalue weighted by Gasteiger charge is -2.35. The number of rotatable bonds is 7. The Kier molecular flexibility index (Phi) is 7.71. The molecule has 2 heterocycles. The van der Waals surface area contributed by atoms with E-state index in [9.17, 15) is 13.2 Å². The molecule has 33 heavy (non-hydrogen) atoms. The second kappa shape index (κ2) is 10.5. The molecule has 0 aromatic heterocycles. The zero-order chi connectivity index (χ0) is 23.4. The number of benzene rings is 2. The summed E-state index contributed by atoms with van der Waals surface area (Å²) in [5, 5.41) is 0.0921. The van der Waals surface area contributed by atoms with Crippen molar-refractivity contribution >= 4 is 27.5 Å². The Labute approximate surface area is 200 Å². The quantitative estimate of drug-likeness (QED) is 0.644. The lowest BCUT2D eigenvalue weighted by molar-refractivity contribution is 0.0628. The normalized spacial score (nSPS) is 19.7. The monoisotopic (exact) mass is 491 g/mol. The van der Waals surface area contributed by atoms with Gasteiger partial charge in [0.2, 0.25) is 10.0 Å². The molecule has 2 saturated heterocycles. The number of ether oxygens (including phenoxy) is 1. The molecule has 9 heteroatoms. The lowest BCUT2D eigenvalue weighted by atomic mass is 10.1. The molecule has 1 amide bonds. The van der Waals surface area contributed by atoms with E-state index in [1.807, 2.05) is 12.1 Å². The average molecular weight is 492 g/mol. The fraction of sp³-hybridized carbons (Fsp3) is 0.458. The van der Waals surface area contributed by atoms with Crippen LogP contribution in [0.4, 0.5) is 0 Å². The van der Waals surface area contributed by atoms with Crippen LogP contribution < -0.4 is 4.72 Å². The molecule has 1 atom stereocenters. The Morgan fingerprint density at radius 2 is 1.91 bits per heavy atom. The van der Waals surface area contributed by atoms with E-state index in [-0.39, 0.29) is 28.5 Å². The topological polar surface area (TPSA) is 79.0 Å². The zero-order valence-corrected chi connectivity index (χ0v) is 20.4. The van der Waals surface area contributed by atoms with Gasteiger partial charge in [0.25, 0.3) is 5.91 Å². The molecule has 0 bridgehead atoms. The summed E-state index contributed by atoms with van der Waals surface area (Å²) >= 11 is 6.19. The van der Waals surface area contributed by atoms with Crippen molar-refractivity contribution in [1.29, 1.82) is 0 Å². The highest BCUT2D eigenvalue weighted by molar-refractivity contribution is 7.89. The molecule has 0 unspecified atom stereocenters. The smallest absolute Gasteiger partial charge is 0.253 e. The molecular formula is C24H30ClN3O4S. The standard InChI is InChI=1S/C24H30ClN3O4S/c1-18-5-2-3-6-20(18)17-27-10-12-28(13-11-27)24(29)19-8-9-22(25)23(15-19)33(30,31)26-16-21-7-4-14-32-21/h2-3,5-6,8-9,15,21,26H,4,7,10-14,16-17H2,1H3/t21-/m1/s1. The maximum Gasteiger partial charge on any atom is 0.253 e. The third-order valence-electron chi connectivity index (χ3n) is 6.31. The largest absolute Gasteiger partial charge is 0.377 e. The van der Waals surface area contributed by atoms with Crippen LogP contribution in [0.15, 0.2) is 47.4 Å². The van der Waals surface area contributed by atoms with Gasteiger partial charge in [0.1, 0.15) is 4.90 Å². The summed E-state index contributed by atoms with van der Waals surface area (Å²) in [6.45, 7) is 6.52. The van der Waals surface area contributed by atoms with Crippen LogP contribution in [0.1, 0.15) is 34.3 Å². The number of carbonyl (C=O) groups excluding carboxylic acids is 1. The van der Waals surface area contributed by atoms with Crippen LogP contribution in [0.5, 0.6) is 0 Å². The molecule has 2 fully saturated rings. The third-order valence-corrected chi connectivity index (χ3v) is 8.21. The number of carbonyl (C=O) groups is 1.